The third-order valence-electron chi connectivity index (χ3n) is 3.80. The highest BCUT2D eigenvalue weighted by Crippen LogP contribution is 2.46. The molecule has 114 valence electrons. The molecule has 4 rings (SSSR count). The maximum atomic E-state index is 13.2. The molecule has 0 aliphatic carbocycles. The van der Waals surface area contributed by atoms with Crippen LogP contribution in [0, 0.1) is 5.82 Å². The van der Waals surface area contributed by atoms with Gasteiger partial charge in [-0.2, -0.15) is 0 Å². The normalized spacial score (nSPS) is 13.0. The van der Waals surface area contributed by atoms with E-state index in [2.05, 4.69) is 12.6 Å². The van der Waals surface area contributed by atoms with Gasteiger partial charge in [-0.15, -0.1) is 24.0 Å². The second-order valence-corrected chi connectivity index (χ2v) is 6.78. The Morgan fingerprint density at radius 2 is 1.61 bits per heavy atom. The molecular formula is C18H11FO2S2. The van der Waals surface area contributed by atoms with Crippen LogP contribution < -0.4 is 0 Å². The van der Waals surface area contributed by atoms with Crippen LogP contribution >= 0.6 is 24.0 Å². The minimum absolute atomic E-state index is 0.279. The van der Waals surface area contributed by atoms with Crippen molar-refractivity contribution in [2.75, 3.05) is 0 Å². The number of esters is 1. The molecule has 0 spiro atoms. The zero-order valence-electron chi connectivity index (χ0n) is 11.9. The maximum absolute atomic E-state index is 13.2. The lowest BCUT2D eigenvalue weighted by atomic mass is 9.98. The van der Waals surface area contributed by atoms with Gasteiger partial charge in [-0.25, -0.2) is 9.18 Å². The molecule has 0 amide bonds. The molecule has 1 aliphatic rings. The summed E-state index contributed by atoms with van der Waals surface area (Å²) >= 11 is 5.71. The number of carbonyl (C=O) groups is 1. The molecule has 23 heavy (non-hydrogen) atoms. The van der Waals surface area contributed by atoms with E-state index >= 15 is 0 Å². The molecule has 2 heterocycles. The summed E-state index contributed by atoms with van der Waals surface area (Å²) in [6, 6.07) is 14.1. The van der Waals surface area contributed by atoms with Crippen LogP contribution in [0.15, 0.2) is 53.4 Å². The fraction of sp³-hybridized carbons (Fsp3) is 0.0556. The SMILES string of the molecule is O=C1OCc2c1sc(-c1ccc(F)cc1)c2-c1ccc(S)cc1. The number of thiol groups is 1. The van der Waals surface area contributed by atoms with E-state index in [1.165, 1.54) is 23.5 Å². The largest absolute Gasteiger partial charge is 0.457 e. The van der Waals surface area contributed by atoms with E-state index in [0.29, 0.717) is 4.88 Å². The average Bonchev–Trinajstić information content (AvgIpc) is 3.09. The summed E-state index contributed by atoms with van der Waals surface area (Å²) < 4.78 is 18.4. The minimum Gasteiger partial charge on any atom is -0.457 e. The van der Waals surface area contributed by atoms with Crippen molar-refractivity contribution in [3.05, 3.63) is 64.8 Å². The van der Waals surface area contributed by atoms with Gasteiger partial charge in [0.2, 0.25) is 0 Å². The third kappa shape index (κ3) is 2.46. The molecule has 1 aliphatic heterocycles. The van der Waals surface area contributed by atoms with Gasteiger partial charge in [0.15, 0.2) is 0 Å². The molecule has 0 N–H and O–H groups in total. The van der Waals surface area contributed by atoms with Crippen LogP contribution in [0.4, 0.5) is 4.39 Å². The third-order valence-corrected chi connectivity index (χ3v) is 5.36. The first-order valence-corrected chi connectivity index (χ1v) is 8.28. The lowest BCUT2D eigenvalue weighted by Crippen LogP contribution is -1.90. The number of carbonyl (C=O) groups excluding carboxylic acids is 1. The van der Waals surface area contributed by atoms with Gasteiger partial charge in [-0.1, -0.05) is 24.3 Å². The van der Waals surface area contributed by atoms with Crippen LogP contribution in [0.2, 0.25) is 0 Å². The summed E-state index contributed by atoms with van der Waals surface area (Å²) in [5.74, 6) is -0.566. The van der Waals surface area contributed by atoms with Gasteiger partial charge in [0.25, 0.3) is 0 Å². The second kappa shape index (κ2) is 5.51. The number of halogens is 1. The van der Waals surface area contributed by atoms with Crippen molar-refractivity contribution in [3.8, 4) is 21.6 Å². The average molecular weight is 342 g/mol. The van der Waals surface area contributed by atoms with Crippen molar-refractivity contribution in [1.82, 2.24) is 0 Å². The fourth-order valence-electron chi connectivity index (χ4n) is 2.71. The minimum atomic E-state index is -0.287. The van der Waals surface area contributed by atoms with Gasteiger partial charge < -0.3 is 4.74 Å². The number of rotatable bonds is 2. The van der Waals surface area contributed by atoms with Crippen molar-refractivity contribution >= 4 is 29.9 Å². The number of fused-ring (bicyclic) bond motifs is 1. The van der Waals surface area contributed by atoms with Crippen LogP contribution in [0.3, 0.4) is 0 Å². The summed E-state index contributed by atoms with van der Waals surface area (Å²) in [4.78, 5) is 14.4. The van der Waals surface area contributed by atoms with Crippen LogP contribution in [0.1, 0.15) is 15.2 Å². The van der Waals surface area contributed by atoms with E-state index < -0.39 is 0 Å². The van der Waals surface area contributed by atoms with Gasteiger partial charge >= 0.3 is 5.97 Å². The summed E-state index contributed by atoms with van der Waals surface area (Å²) in [5, 5.41) is 0. The molecule has 0 atom stereocenters. The van der Waals surface area contributed by atoms with Gasteiger partial charge in [0.1, 0.15) is 17.3 Å². The van der Waals surface area contributed by atoms with Gasteiger partial charge in [-0.3, -0.25) is 0 Å². The summed E-state index contributed by atoms with van der Waals surface area (Å²) in [6.45, 7) is 0.282. The number of hydrogen-bond acceptors (Lipinski definition) is 4. The van der Waals surface area contributed by atoms with Gasteiger partial charge in [0.05, 0.1) is 0 Å². The quantitative estimate of drug-likeness (QED) is 0.513. The Morgan fingerprint density at radius 3 is 2.30 bits per heavy atom. The number of thiophene rings is 1. The molecule has 0 saturated carbocycles. The summed E-state index contributed by atoms with van der Waals surface area (Å²) in [6.07, 6.45) is 0. The lowest BCUT2D eigenvalue weighted by Gasteiger charge is -2.08. The second-order valence-electron chi connectivity index (χ2n) is 5.24. The molecule has 0 radical (unpaired) electrons. The van der Waals surface area contributed by atoms with Crippen molar-refractivity contribution in [2.24, 2.45) is 0 Å². The number of hydrogen-bond donors (Lipinski definition) is 1. The zero-order chi connectivity index (χ0) is 16.0. The molecule has 0 bridgehead atoms. The molecule has 1 aromatic heterocycles. The highest BCUT2D eigenvalue weighted by atomic mass is 32.1. The van der Waals surface area contributed by atoms with Crippen LogP contribution in [-0.4, -0.2) is 5.97 Å². The van der Waals surface area contributed by atoms with Gasteiger partial charge in [0, 0.05) is 20.9 Å². The summed E-state index contributed by atoms with van der Waals surface area (Å²) in [7, 11) is 0. The maximum Gasteiger partial charge on any atom is 0.349 e. The smallest absolute Gasteiger partial charge is 0.349 e. The first-order chi connectivity index (χ1) is 11.1. The molecule has 2 nitrogen and oxygen atoms in total. The Labute approximate surface area is 142 Å². The predicted octanol–water partition coefficient (Wildman–Crippen LogP) is 5.18. The fourth-order valence-corrected chi connectivity index (χ4v) is 4.09. The Balaban J connectivity index is 1.95. The first kappa shape index (κ1) is 14.5. The van der Waals surface area contributed by atoms with E-state index in [1.807, 2.05) is 24.3 Å². The summed E-state index contributed by atoms with van der Waals surface area (Å²) in [5.41, 5.74) is 3.78. The highest BCUT2D eigenvalue weighted by Gasteiger charge is 2.30. The topological polar surface area (TPSA) is 26.3 Å². The molecule has 2 aromatic carbocycles. The molecule has 0 unspecified atom stereocenters. The highest BCUT2D eigenvalue weighted by molar-refractivity contribution is 7.80. The first-order valence-electron chi connectivity index (χ1n) is 7.01. The number of ether oxygens (including phenoxy) is 1. The Kier molecular flexibility index (Phi) is 3.47. The lowest BCUT2D eigenvalue weighted by molar-refractivity contribution is 0.0538. The Morgan fingerprint density at radius 1 is 0.957 bits per heavy atom. The van der Waals surface area contributed by atoms with Crippen LogP contribution in [-0.2, 0) is 11.3 Å². The van der Waals surface area contributed by atoms with Crippen LogP contribution in [0.25, 0.3) is 21.6 Å². The monoisotopic (exact) mass is 342 g/mol. The van der Waals surface area contributed by atoms with Crippen molar-refractivity contribution in [1.29, 1.82) is 0 Å². The van der Waals surface area contributed by atoms with E-state index in [0.717, 1.165) is 32.0 Å². The standard InChI is InChI=1S/C18H11FO2S2/c19-12-5-1-11(2-6-12)16-15(10-3-7-13(22)8-4-10)14-9-21-18(20)17(14)23-16/h1-8,22H,9H2. The predicted molar refractivity (Wildman–Crippen MR) is 91.5 cm³/mol. The molecule has 0 saturated heterocycles. The van der Waals surface area contributed by atoms with Crippen molar-refractivity contribution in [2.45, 2.75) is 11.5 Å². The molecule has 5 heteroatoms. The van der Waals surface area contributed by atoms with Crippen molar-refractivity contribution in [3.63, 3.8) is 0 Å². The Bertz CT molecular complexity index is 896. The molecular weight excluding hydrogens is 331 g/mol. The Hall–Kier alpha value is -2.11. The zero-order valence-corrected chi connectivity index (χ0v) is 13.6. The van der Waals surface area contributed by atoms with E-state index in [1.54, 1.807) is 12.1 Å². The van der Waals surface area contributed by atoms with Crippen LogP contribution in [0.5, 0.6) is 0 Å². The number of cyclic esters (lactones) is 1. The molecule has 3 aromatic rings. The van der Waals surface area contributed by atoms with E-state index in [4.69, 9.17) is 4.74 Å². The van der Waals surface area contributed by atoms with Gasteiger partial charge in [-0.05, 0) is 35.4 Å². The number of benzene rings is 2. The van der Waals surface area contributed by atoms with E-state index in [9.17, 15) is 9.18 Å². The van der Waals surface area contributed by atoms with E-state index in [-0.39, 0.29) is 18.4 Å². The molecule has 0 fully saturated rings. The van der Waals surface area contributed by atoms with Crippen molar-refractivity contribution < 1.29 is 13.9 Å².